The summed E-state index contributed by atoms with van der Waals surface area (Å²) in [6.45, 7) is 1.51. The van der Waals surface area contributed by atoms with Gasteiger partial charge in [0, 0.05) is 22.6 Å². The van der Waals surface area contributed by atoms with Crippen LogP contribution in [0, 0.1) is 5.82 Å². The summed E-state index contributed by atoms with van der Waals surface area (Å²) in [5, 5.41) is 2.81. The summed E-state index contributed by atoms with van der Waals surface area (Å²) in [5.41, 5.74) is 1.31. The molecule has 0 aliphatic heterocycles. The standard InChI is InChI=1S/C18H18FNO2S/c1-13(21)14-4-8-16(9-5-14)20-18(22)3-2-12-23-17-10-6-15(19)7-11-17/h4-11H,2-3,12H2,1H3,(H,20,22). The summed E-state index contributed by atoms with van der Waals surface area (Å²) in [7, 11) is 0. The SMILES string of the molecule is CC(=O)c1ccc(NC(=O)CCCSc2ccc(F)cc2)cc1. The van der Waals surface area contributed by atoms with Gasteiger partial charge >= 0.3 is 0 Å². The first-order chi connectivity index (χ1) is 11.0. The van der Waals surface area contributed by atoms with Crippen LogP contribution in [-0.2, 0) is 4.79 Å². The molecule has 1 amide bonds. The third-order valence-corrected chi connectivity index (χ3v) is 4.30. The van der Waals surface area contributed by atoms with E-state index in [9.17, 15) is 14.0 Å². The first-order valence-corrected chi connectivity index (χ1v) is 8.32. The highest BCUT2D eigenvalue weighted by Crippen LogP contribution is 2.19. The number of halogens is 1. The van der Waals surface area contributed by atoms with Gasteiger partial charge in [-0.25, -0.2) is 4.39 Å². The molecule has 1 N–H and O–H groups in total. The van der Waals surface area contributed by atoms with Crippen LogP contribution in [0.5, 0.6) is 0 Å². The van der Waals surface area contributed by atoms with Crippen LogP contribution in [0.1, 0.15) is 30.1 Å². The van der Waals surface area contributed by atoms with E-state index in [1.165, 1.54) is 19.1 Å². The van der Waals surface area contributed by atoms with Crippen LogP contribution >= 0.6 is 11.8 Å². The number of nitrogens with one attached hydrogen (secondary N) is 1. The van der Waals surface area contributed by atoms with Crippen LogP contribution < -0.4 is 5.32 Å². The molecule has 2 aromatic carbocycles. The lowest BCUT2D eigenvalue weighted by Crippen LogP contribution is -2.11. The van der Waals surface area contributed by atoms with E-state index in [0.29, 0.717) is 17.7 Å². The minimum Gasteiger partial charge on any atom is -0.326 e. The van der Waals surface area contributed by atoms with Crippen LogP contribution in [0.3, 0.4) is 0 Å². The lowest BCUT2D eigenvalue weighted by atomic mass is 10.1. The maximum atomic E-state index is 12.8. The highest BCUT2D eigenvalue weighted by Gasteiger charge is 2.04. The van der Waals surface area contributed by atoms with Crippen molar-refractivity contribution < 1.29 is 14.0 Å². The zero-order valence-corrected chi connectivity index (χ0v) is 13.7. The van der Waals surface area contributed by atoms with Gasteiger partial charge in [-0.2, -0.15) is 0 Å². The summed E-state index contributed by atoms with van der Waals surface area (Å²) in [5.74, 6) is 0.494. The Balaban J connectivity index is 1.70. The summed E-state index contributed by atoms with van der Waals surface area (Å²) in [6, 6.07) is 13.2. The summed E-state index contributed by atoms with van der Waals surface area (Å²) in [6.07, 6.45) is 1.15. The Labute approximate surface area is 139 Å². The molecule has 0 heterocycles. The lowest BCUT2D eigenvalue weighted by molar-refractivity contribution is -0.116. The van der Waals surface area contributed by atoms with Crippen molar-refractivity contribution in [3.8, 4) is 0 Å². The van der Waals surface area contributed by atoms with Gasteiger partial charge in [-0.1, -0.05) is 0 Å². The number of carbonyl (C=O) groups excluding carboxylic acids is 2. The third-order valence-electron chi connectivity index (χ3n) is 3.21. The summed E-state index contributed by atoms with van der Waals surface area (Å²) < 4.78 is 12.8. The second-order valence-electron chi connectivity index (χ2n) is 5.09. The van der Waals surface area contributed by atoms with Crippen LogP contribution in [0.15, 0.2) is 53.4 Å². The van der Waals surface area contributed by atoms with Gasteiger partial charge in [0.25, 0.3) is 0 Å². The second-order valence-corrected chi connectivity index (χ2v) is 6.26. The van der Waals surface area contributed by atoms with Gasteiger partial charge in [0.2, 0.25) is 5.91 Å². The first kappa shape index (κ1) is 17.2. The fourth-order valence-electron chi connectivity index (χ4n) is 1.97. The second kappa shape index (κ2) is 8.48. The van der Waals surface area contributed by atoms with Gasteiger partial charge in [-0.05, 0) is 67.6 Å². The van der Waals surface area contributed by atoms with Crippen molar-refractivity contribution in [3.05, 3.63) is 59.9 Å². The number of hydrogen-bond donors (Lipinski definition) is 1. The van der Waals surface area contributed by atoms with Crippen molar-refractivity contribution >= 4 is 29.1 Å². The molecule has 0 aromatic heterocycles. The molecule has 0 spiro atoms. The maximum absolute atomic E-state index is 12.8. The number of anilines is 1. The van der Waals surface area contributed by atoms with Gasteiger partial charge in [0.1, 0.15) is 5.82 Å². The Bertz CT molecular complexity index is 668. The molecule has 0 saturated carbocycles. The molecule has 0 radical (unpaired) electrons. The van der Waals surface area contributed by atoms with E-state index in [1.807, 2.05) is 0 Å². The van der Waals surface area contributed by atoms with Gasteiger partial charge in [0.05, 0.1) is 0 Å². The number of rotatable bonds is 7. The average molecular weight is 331 g/mol. The molecule has 0 atom stereocenters. The Morgan fingerprint density at radius 2 is 1.70 bits per heavy atom. The topological polar surface area (TPSA) is 46.2 Å². The van der Waals surface area contributed by atoms with E-state index in [0.717, 1.165) is 17.1 Å². The van der Waals surface area contributed by atoms with Crippen LogP contribution in [0.2, 0.25) is 0 Å². The molecule has 0 unspecified atom stereocenters. The van der Waals surface area contributed by atoms with E-state index < -0.39 is 0 Å². The fraction of sp³-hybridized carbons (Fsp3) is 0.222. The van der Waals surface area contributed by atoms with Crippen LogP contribution in [0.25, 0.3) is 0 Å². The van der Waals surface area contributed by atoms with E-state index >= 15 is 0 Å². The molecule has 2 aromatic rings. The predicted octanol–water partition coefficient (Wildman–Crippen LogP) is 4.54. The van der Waals surface area contributed by atoms with Crippen LogP contribution in [-0.4, -0.2) is 17.4 Å². The largest absolute Gasteiger partial charge is 0.326 e. The third kappa shape index (κ3) is 5.87. The number of carbonyl (C=O) groups is 2. The molecule has 0 aliphatic rings. The van der Waals surface area contributed by atoms with Crippen molar-refractivity contribution in [1.82, 2.24) is 0 Å². The smallest absolute Gasteiger partial charge is 0.224 e. The van der Waals surface area contributed by atoms with Crippen molar-refractivity contribution in [2.75, 3.05) is 11.1 Å². The quantitative estimate of drug-likeness (QED) is 0.460. The molecular weight excluding hydrogens is 313 g/mol. The molecule has 2 rings (SSSR count). The molecule has 5 heteroatoms. The number of amides is 1. The molecule has 23 heavy (non-hydrogen) atoms. The molecule has 3 nitrogen and oxygen atoms in total. The molecule has 0 fully saturated rings. The van der Waals surface area contributed by atoms with Crippen LogP contribution in [0.4, 0.5) is 10.1 Å². The highest BCUT2D eigenvalue weighted by molar-refractivity contribution is 7.99. The number of ketones is 1. The van der Waals surface area contributed by atoms with E-state index in [2.05, 4.69) is 5.32 Å². The number of hydrogen-bond acceptors (Lipinski definition) is 3. The zero-order chi connectivity index (χ0) is 16.7. The van der Waals surface area contributed by atoms with Gasteiger partial charge in [0.15, 0.2) is 5.78 Å². The van der Waals surface area contributed by atoms with Crippen molar-refractivity contribution in [3.63, 3.8) is 0 Å². The van der Waals surface area contributed by atoms with Gasteiger partial charge in [-0.15, -0.1) is 11.8 Å². The molecule has 0 saturated heterocycles. The van der Waals surface area contributed by atoms with Crippen molar-refractivity contribution in [2.24, 2.45) is 0 Å². The fourth-order valence-corrected chi connectivity index (χ4v) is 2.82. The maximum Gasteiger partial charge on any atom is 0.224 e. The number of Topliss-reactive ketones (excluding diaryl/α,β-unsaturated/α-hetero) is 1. The van der Waals surface area contributed by atoms with Crippen molar-refractivity contribution in [1.29, 1.82) is 0 Å². The van der Waals surface area contributed by atoms with E-state index in [1.54, 1.807) is 48.2 Å². The predicted molar refractivity (Wildman–Crippen MR) is 91.4 cm³/mol. The number of benzene rings is 2. The highest BCUT2D eigenvalue weighted by atomic mass is 32.2. The summed E-state index contributed by atoms with van der Waals surface area (Å²) in [4.78, 5) is 24.0. The van der Waals surface area contributed by atoms with Gasteiger partial charge in [-0.3, -0.25) is 9.59 Å². The zero-order valence-electron chi connectivity index (χ0n) is 12.8. The Kier molecular flexibility index (Phi) is 6.35. The first-order valence-electron chi connectivity index (χ1n) is 7.34. The molecule has 0 aliphatic carbocycles. The van der Waals surface area contributed by atoms with Gasteiger partial charge < -0.3 is 5.32 Å². The molecule has 120 valence electrons. The number of thioether (sulfide) groups is 1. The Morgan fingerprint density at radius 3 is 2.30 bits per heavy atom. The van der Waals surface area contributed by atoms with Crippen molar-refractivity contribution in [2.45, 2.75) is 24.7 Å². The average Bonchev–Trinajstić information content (AvgIpc) is 2.54. The summed E-state index contributed by atoms with van der Waals surface area (Å²) >= 11 is 1.60. The Hall–Kier alpha value is -2.14. The normalized spacial score (nSPS) is 10.3. The minimum atomic E-state index is -0.246. The van der Waals surface area contributed by atoms with E-state index in [4.69, 9.17) is 0 Å². The molecular formula is C18H18FNO2S. The minimum absolute atomic E-state index is 0.000643. The lowest BCUT2D eigenvalue weighted by Gasteiger charge is -2.06. The van der Waals surface area contributed by atoms with E-state index in [-0.39, 0.29) is 17.5 Å². The Morgan fingerprint density at radius 1 is 1.04 bits per heavy atom. The monoisotopic (exact) mass is 331 g/mol. The molecule has 0 bridgehead atoms.